The third-order valence-corrected chi connectivity index (χ3v) is 31.2. The van der Waals surface area contributed by atoms with E-state index in [-0.39, 0.29) is 76.6 Å². The van der Waals surface area contributed by atoms with E-state index in [0.29, 0.717) is 0 Å². The van der Waals surface area contributed by atoms with Crippen molar-refractivity contribution in [1.29, 1.82) is 0 Å². The predicted octanol–water partition coefficient (Wildman–Crippen LogP) is 35.4. The molecule has 0 spiro atoms. The molecule has 727 valence electrons. The minimum absolute atomic E-state index is 0. The van der Waals surface area contributed by atoms with Gasteiger partial charge in [0, 0.05) is 118 Å². The van der Waals surface area contributed by atoms with Crippen molar-refractivity contribution in [2.24, 2.45) is 0 Å². The Morgan fingerprint density at radius 3 is 1.03 bits per heavy atom. The summed E-state index contributed by atoms with van der Waals surface area (Å²) in [5.74, 6) is 0.723. The van der Waals surface area contributed by atoms with Gasteiger partial charge in [-0.15, -0.1) is 194 Å². The maximum Gasteiger partial charge on any atom is 0.0867 e. The SMILES string of the molecule is CC1(C)c2ccccc2-c2c[c-]c(-c3cc4ccccc4cn3)cc21.CC1(C)c2ccccc2-c2c[c-]c(-c3cnc4ccccc4n3)cc21.Cc1cccc(C)c1-c1nc(-c2[c-]cc3c(c2)C(C)(C)c2ccccc2-3)nc2ccccc12.[Ir].[Ir].[Ir].[c-]1ccc(-c2ccccc2)cc1-c1nc2ccccc2s1.[c-]1ccc(-c2ccccc2)cc1-c1nc2ccccc2s1.[c-]1ccc(-c2ccccc2)cc1-c1nc2ccccc2s1. The van der Waals surface area contributed by atoms with Gasteiger partial charge in [0.15, 0.2) is 0 Å². The number of benzene rings is 19. The van der Waals surface area contributed by atoms with Gasteiger partial charge in [-0.2, -0.15) is 34.0 Å². The van der Waals surface area contributed by atoms with Crippen LogP contribution in [0, 0.1) is 50.2 Å². The van der Waals surface area contributed by atoms with Crippen molar-refractivity contribution in [3.8, 4) is 144 Å². The van der Waals surface area contributed by atoms with Crippen LogP contribution < -0.4 is 0 Å². The summed E-state index contributed by atoms with van der Waals surface area (Å²) in [5.41, 5.74) is 41.6. The first-order valence-electron chi connectivity index (χ1n) is 49.1. The molecule has 25 aromatic rings. The Bertz CT molecular complexity index is 8570. The monoisotopic (exact) mass is 2500 g/mol. The largest absolute Gasteiger partial charge is 0.304 e. The van der Waals surface area contributed by atoms with Crippen molar-refractivity contribution in [3.63, 3.8) is 0 Å². The molecule has 3 aliphatic carbocycles. The van der Waals surface area contributed by atoms with Gasteiger partial charge in [-0.1, -0.05) is 354 Å². The van der Waals surface area contributed by atoms with Crippen LogP contribution in [-0.2, 0) is 76.6 Å². The van der Waals surface area contributed by atoms with Gasteiger partial charge in [0.05, 0.1) is 44.6 Å². The number of hydrogen-bond acceptors (Lipinski definition) is 11. The third-order valence-electron chi connectivity index (χ3n) is 28.0. The maximum atomic E-state index is 5.14. The van der Waals surface area contributed by atoms with Crippen molar-refractivity contribution >= 4 is 97.4 Å². The summed E-state index contributed by atoms with van der Waals surface area (Å²) in [7, 11) is 0. The molecule has 0 atom stereocenters. The Morgan fingerprint density at radius 1 is 0.235 bits per heavy atom. The summed E-state index contributed by atoms with van der Waals surface area (Å²) in [6.45, 7) is 18.1. The van der Waals surface area contributed by atoms with Gasteiger partial charge in [-0.3, -0.25) is 34.9 Å². The fraction of sp³-hybridized carbons (Fsp3) is 0.0815. The van der Waals surface area contributed by atoms with Gasteiger partial charge >= 0.3 is 0 Å². The average molecular weight is 2500 g/mol. The van der Waals surface area contributed by atoms with Gasteiger partial charge in [0.2, 0.25) is 0 Å². The number of rotatable bonds is 10. The second-order valence-corrected chi connectivity index (χ2v) is 41.5. The maximum absolute atomic E-state index is 5.14. The predicted molar refractivity (Wildman–Crippen MR) is 609 cm³/mol. The van der Waals surface area contributed by atoms with E-state index in [4.69, 9.17) is 29.9 Å². The molecule has 149 heavy (non-hydrogen) atoms. The molecule has 3 aliphatic rings. The van der Waals surface area contributed by atoms with Crippen LogP contribution in [0.25, 0.3) is 207 Å². The van der Waals surface area contributed by atoms with Gasteiger partial charge < -0.3 is 4.98 Å². The van der Waals surface area contributed by atoms with E-state index < -0.39 is 0 Å². The van der Waals surface area contributed by atoms with Gasteiger partial charge in [-0.05, 0) is 146 Å². The molecule has 6 aromatic heterocycles. The summed E-state index contributed by atoms with van der Waals surface area (Å²) in [6.07, 6.45) is 3.79. The zero-order chi connectivity index (χ0) is 99.0. The summed E-state index contributed by atoms with van der Waals surface area (Å²) < 4.78 is 3.64. The Morgan fingerprint density at radius 2 is 0.591 bits per heavy atom. The molecule has 6 heterocycles. The van der Waals surface area contributed by atoms with E-state index in [2.05, 4.69) is 417 Å². The Labute approximate surface area is 922 Å². The standard InChI is InChI=1S/C31H25N2.C24H18N.C23H17N2.3C19H12NS.3Ir/c1-19-10-9-11-20(2)28(19)29-24-13-6-8-15-27(24)32-30(33-29)21-16-17-23-22-12-5-7-14-25(22)31(3,4)26(23)18-21;1-24(2)21-10-6-5-9-19(21)20-12-11-17(13-22(20)24)23-14-16-7-3-4-8-18(16)15-25-23;1-23(2)18-8-4-3-7-16(18)17-12-11-15(13-19(17)23)22-14-24-20-9-5-6-10-21(20)25-22;3*1-2-7-14(8-3-1)15-9-6-10-16(13-15)19-20-17-11-4-5-12-18(17)21-19;;;/h5-15,17-18H,1-4H3;3-10,12-15H,1-2H3;3-10,12-14H,1-2H3;3*1-9,11-13H;;;/q6*-1;;;. The molecular formula is C135H96Ir3N8S3-6. The van der Waals surface area contributed by atoms with Crippen LogP contribution in [-0.4, -0.2) is 39.9 Å². The Kier molecular flexibility index (Phi) is 29.7. The van der Waals surface area contributed by atoms with Crippen molar-refractivity contribution in [2.45, 2.75) is 71.6 Å². The number of aryl methyl sites for hydroxylation is 2. The molecule has 0 bridgehead atoms. The first-order valence-corrected chi connectivity index (χ1v) is 51.6. The van der Waals surface area contributed by atoms with Crippen LogP contribution in [0.1, 0.15) is 86.1 Å². The Hall–Kier alpha value is -15.1. The normalized spacial score (nSPS) is 12.4. The molecule has 0 aliphatic heterocycles. The summed E-state index contributed by atoms with van der Waals surface area (Å²) in [4.78, 5) is 38.2. The molecule has 28 rings (SSSR count). The van der Waals surface area contributed by atoms with E-state index in [1.165, 1.54) is 142 Å². The van der Waals surface area contributed by atoms with Gasteiger partial charge in [-0.25, -0.2) is 0 Å². The van der Waals surface area contributed by atoms with Crippen LogP contribution >= 0.6 is 34.0 Å². The number of aromatic nitrogens is 8. The Balaban J connectivity index is 0.000000109. The molecule has 3 radical (unpaired) electrons. The molecule has 0 N–H and O–H groups in total. The molecule has 0 unspecified atom stereocenters. The first-order chi connectivity index (χ1) is 71.4. The number of nitrogens with zero attached hydrogens (tertiary/aromatic N) is 8. The minimum Gasteiger partial charge on any atom is -0.304 e. The van der Waals surface area contributed by atoms with E-state index >= 15 is 0 Å². The molecule has 19 aromatic carbocycles. The number of para-hydroxylation sites is 6. The number of hydrogen-bond donors (Lipinski definition) is 0. The van der Waals surface area contributed by atoms with Crippen LogP contribution in [0.5, 0.6) is 0 Å². The average Bonchev–Trinajstić information content (AvgIpc) is 1.58. The minimum atomic E-state index is -0.0674. The second-order valence-electron chi connectivity index (χ2n) is 38.4. The molecule has 8 nitrogen and oxygen atoms in total. The number of thiazole rings is 3. The zero-order valence-electron chi connectivity index (χ0n) is 82.9. The molecule has 0 saturated carbocycles. The molecular weight excluding hydrogens is 2410 g/mol. The first kappa shape index (κ1) is 101. The quantitative estimate of drug-likeness (QED) is 0.125. The van der Waals surface area contributed by atoms with Gasteiger partial charge in [0.1, 0.15) is 0 Å². The topological polar surface area (TPSA) is 103 Å². The summed E-state index contributed by atoms with van der Waals surface area (Å²) in [6, 6.07) is 167. The van der Waals surface area contributed by atoms with Crippen LogP contribution in [0.4, 0.5) is 0 Å². The number of fused-ring (bicyclic) bond motifs is 15. The number of pyridine rings is 1. The fourth-order valence-corrected chi connectivity index (χ4v) is 23.2. The van der Waals surface area contributed by atoms with E-state index in [1.807, 2.05) is 122 Å². The second kappa shape index (κ2) is 43.7. The molecule has 0 amide bonds. The van der Waals surface area contributed by atoms with E-state index in [9.17, 15) is 0 Å². The van der Waals surface area contributed by atoms with Crippen LogP contribution in [0.2, 0.25) is 0 Å². The van der Waals surface area contributed by atoms with E-state index in [1.54, 1.807) is 34.0 Å². The molecule has 0 fully saturated rings. The summed E-state index contributed by atoms with van der Waals surface area (Å²) in [5, 5.41) is 6.52. The van der Waals surface area contributed by atoms with Crippen LogP contribution in [0.15, 0.2) is 437 Å². The smallest absolute Gasteiger partial charge is 0.0867 e. The zero-order valence-corrected chi connectivity index (χ0v) is 92.5. The molecule has 0 saturated heterocycles. The molecule has 14 heteroatoms. The van der Waals surface area contributed by atoms with Crippen LogP contribution in [0.3, 0.4) is 0 Å². The van der Waals surface area contributed by atoms with E-state index in [0.717, 1.165) is 110 Å². The fourth-order valence-electron chi connectivity index (χ4n) is 20.4. The third kappa shape index (κ3) is 20.5. The van der Waals surface area contributed by atoms with Crippen molar-refractivity contribution < 1.29 is 60.3 Å². The van der Waals surface area contributed by atoms with Crippen molar-refractivity contribution in [2.75, 3.05) is 0 Å². The summed E-state index contributed by atoms with van der Waals surface area (Å²) >= 11 is 5.14. The van der Waals surface area contributed by atoms with Crippen molar-refractivity contribution in [1.82, 2.24) is 39.9 Å². The van der Waals surface area contributed by atoms with Crippen molar-refractivity contribution in [3.05, 3.63) is 518 Å². The van der Waals surface area contributed by atoms with Gasteiger partial charge in [0.25, 0.3) is 0 Å².